The number of ether oxygens (including phenoxy) is 2. The highest BCUT2D eigenvalue weighted by Crippen LogP contribution is 2.29. The number of anilines is 1. The number of fused-ring (bicyclic) bond motifs is 1. The van der Waals surface area contributed by atoms with Gasteiger partial charge in [-0.15, -0.1) is 0 Å². The number of esters is 1. The van der Waals surface area contributed by atoms with Crippen LogP contribution in [0.1, 0.15) is 17.3 Å². The largest absolute Gasteiger partial charge is 0.481 e. The van der Waals surface area contributed by atoms with Gasteiger partial charge in [-0.05, 0) is 55.5 Å². The zero-order valence-electron chi connectivity index (χ0n) is 14.6. The first-order chi connectivity index (χ1) is 13.1. The lowest BCUT2D eigenvalue weighted by molar-refractivity contribution is -0.118. The van der Waals surface area contributed by atoms with Gasteiger partial charge in [-0.25, -0.2) is 4.79 Å². The van der Waals surface area contributed by atoms with Crippen LogP contribution in [0.2, 0.25) is 5.02 Å². The van der Waals surface area contributed by atoms with Crippen molar-refractivity contribution in [2.24, 2.45) is 0 Å². The molecule has 1 amide bonds. The molecule has 0 aliphatic rings. The fraction of sp³-hybridized carbons (Fsp3) is 0.150. The number of hydrogen-bond acceptors (Lipinski definition) is 5. The number of halogens is 1. The van der Waals surface area contributed by atoms with Gasteiger partial charge in [0.2, 0.25) is 0 Å². The predicted octanol–water partition coefficient (Wildman–Crippen LogP) is 4.08. The lowest BCUT2D eigenvalue weighted by Crippen LogP contribution is -2.20. The minimum atomic E-state index is -0.402. The zero-order valence-corrected chi connectivity index (χ0v) is 15.3. The van der Waals surface area contributed by atoms with Crippen LogP contribution in [0.25, 0.3) is 10.9 Å². The monoisotopic (exact) mass is 384 g/mol. The highest BCUT2D eigenvalue weighted by Gasteiger charge is 2.10. The van der Waals surface area contributed by atoms with Crippen LogP contribution in [0.3, 0.4) is 0 Å². The molecular weight excluding hydrogens is 368 g/mol. The van der Waals surface area contributed by atoms with Crippen LogP contribution in [0, 0.1) is 0 Å². The van der Waals surface area contributed by atoms with Crippen LogP contribution in [0.4, 0.5) is 5.69 Å². The Morgan fingerprint density at radius 3 is 2.63 bits per heavy atom. The molecule has 0 fully saturated rings. The van der Waals surface area contributed by atoms with E-state index >= 15 is 0 Å². The molecule has 6 nitrogen and oxygen atoms in total. The number of carbonyl (C=O) groups is 2. The summed E-state index contributed by atoms with van der Waals surface area (Å²) in [6.07, 6.45) is 1.64. The van der Waals surface area contributed by atoms with Crippen molar-refractivity contribution in [1.29, 1.82) is 0 Å². The van der Waals surface area contributed by atoms with Crippen LogP contribution in [-0.4, -0.2) is 30.1 Å². The Morgan fingerprint density at radius 2 is 1.89 bits per heavy atom. The lowest BCUT2D eigenvalue weighted by Gasteiger charge is -2.10. The van der Waals surface area contributed by atoms with E-state index in [1.165, 1.54) is 0 Å². The van der Waals surface area contributed by atoms with Crippen molar-refractivity contribution in [3.05, 3.63) is 65.3 Å². The number of amides is 1. The molecule has 0 aliphatic heterocycles. The van der Waals surface area contributed by atoms with Crippen LogP contribution >= 0.6 is 11.6 Å². The maximum Gasteiger partial charge on any atom is 0.338 e. The van der Waals surface area contributed by atoms with Gasteiger partial charge in [0.15, 0.2) is 6.61 Å². The van der Waals surface area contributed by atoms with Gasteiger partial charge >= 0.3 is 5.97 Å². The summed E-state index contributed by atoms with van der Waals surface area (Å²) >= 11 is 6.15. The van der Waals surface area contributed by atoms with Gasteiger partial charge in [-0.2, -0.15) is 0 Å². The molecule has 0 spiro atoms. The van der Waals surface area contributed by atoms with Crippen LogP contribution in [0.15, 0.2) is 54.7 Å². The van der Waals surface area contributed by atoms with E-state index in [1.807, 2.05) is 6.07 Å². The Kier molecular flexibility index (Phi) is 5.88. The topological polar surface area (TPSA) is 77.5 Å². The number of aromatic nitrogens is 1. The molecule has 1 heterocycles. The molecule has 0 radical (unpaired) electrons. The molecule has 0 aliphatic carbocycles. The second-order valence-electron chi connectivity index (χ2n) is 5.58. The summed E-state index contributed by atoms with van der Waals surface area (Å²) in [6.45, 7) is 1.86. The zero-order chi connectivity index (χ0) is 19.2. The lowest BCUT2D eigenvalue weighted by atomic mass is 10.2. The Labute approximate surface area is 161 Å². The van der Waals surface area contributed by atoms with E-state index in [2.05, 4.69) is 10.3 Å². The predicted molar refractivity (Wildman–Crippen MR) is 103 cm³/mol. The standard InChI is InChI=1S/C20H17ClN2O4/c1-2-26-20(25)13-5-7-14(8-6-13)23-18(24)12-27-17-10-9-16(21)15-4-3-11-22-19(15)17/h3-11H,2,12H2,1H3,(H,23,24). The number of pyridine rings is 1. The van der Waals surface area contributed by atoms with Crippen molar-refractivity contribution in [3.8, 4) is 5.75 Å². The second-order valence-corrected chi connectivity index (χ2v) is 5.99. The SMILES string of the molecule is CCOC(=O)c1ccc(NC(=O)COc2ccc(Cl)c3cccnc23)cc1. The summed E-state index contributed by atoms with van der Waals surface area (Å²) in [7, 11) is 0. The molecule has 3 rings (SSSR count). The molecule has 3 aromatic rings. The fourth-order valence-electron chi connectivity index (χ4n) is 2.47. The third kappa shape index (κ3) is 4.54. The summed E-state index contributed by atoms with van der Waals surface area (Å²) in [4.78, 5) is 28.0. The molecule has 2 aromatic carbocycles. The minimum Gasteiger partial charge on any atom is -0.481 e. The van der Waals surface area contributed by atoms with Gasteiger partial charge in [0.25, 0.3) is 5.91 Å². The van der Waals surface area contributed by atoms with E-state index in [0.29, 0.717) is 34.1 Å². The first-order valence-corrected chi connectivity index (χ1v) is 8.69. The molecule has 138 valence electrons. The van der Waals surface area contributed by atoms with E-state index in [9.17, 15) is 9.59 Å². The molecule has 0 atom stereocenters. The number of nitrogens with one attached hydrogen (secondary N) is 1. The molecule has 0 saturated carbocycles. The van der Waals surface area contributed by atoms with E-state index in [0.717, 1.165) is 5.39 Å². The Morgan fingerprint density at radius 1 is 1.11 bits per heavy atom. The van der Waals surface area contributed by atoms with E-state index in [-0.39, 0.29) is 12.5 Å². The number of hydrogen-bond donors (Lipinski definition) is 1. The number of benzene rings is 2. The smallest absolute Gasteiger partial charge is 0.338 e. The number of rotatable bonds is 6. The van der Waals surface area contributed by atoms with E-state index in [1.54, 1.807) is 55.6 Å². The molecule has 0 saturated heterocycles. The average Bonchev–Trinajstić information content (AvgIpc) is 2.68. The van der Waals surface area contributed by atoms with Gasteiger partial charge < -0.3 is 14.8 Å². The van der Waals surface area contributed by atoms with E-state index in [4.69, 9.17) is 21.1 Å². The molecule has 1 aromatic heterocycles. The highest BCUT2D eigenvalue weighted by atomic mass is 35.5. The van der Waals surface area contributed by atoms with Crippen LogP contribution < -0.4 is 10.1 Å². The van der Waals surface area contributed by atoms with Crippen molar-refractivity contribution in [2.45, 2.75) is 6.92 Å². The minimum absolute atomic E-state index is 0.188. The molecular formula is C20H17ClN2O4. The normalized spacial score (nSPS) is 10.4. The van der Waals surface area contributed by atoms with Crippen LogP contribution in [-0.2, 0) is 9.53 Å². The molecule has 1 N–H and O–H groups in total. The fourth-order valence-corrected chi connectivity index (χ4v) is 2.69. The third-order valence-corrected chi connectivity index (χ3v) is 4.05. The highest BCUT2D eigenvalue weighted by molar-refractivity contribution is 6.35. The number of carbonyl (C=O) groups excluding carboxylic acids is 2. The average molecular weight is 385 g/mol. The van der Waals surface area contributed by atoms with E-state index < -0.39 is 5.97 Å². The van der Waals surface area contributed by atoms with Gasteiger partial charge in [-0.1, -0.05) is 11.6 Å². The Balaban J connectivity index is 1.62. The first-order valence-electron chi connectivity index (χ1n) is 8.31. The Hall–Kier alpha value is -3.12. The number of nitrogens with zero attached hydrogens (tertiary/aromatic N) is 1. The Bertz CT molecular complexity index is 973. The third-order valence-electron chi connectivity index (χ3n) is 3.72. The maximum absolute atomic E-state index is 12.1. The van der Waals surface area contributed by atoms with Crippen molar-refractivity contribution >= 4 is 40.1 Å². The van der Waals surface area contributed by atoms with Crippen molar-refractivity contribution in [2.75, 3.05) is 18.5 Å². The van der Waals surface area contributed by atoms with Crippen molar-refractivity contribution in [1.82, 2.24) is 4.98 Å². The molecule has 0 unspecified atom stereocenters. The maximum atomic E-state index is 12.1. The summed E-state index contributed by atoms with van der Waals surface area (Å²) in [5, 5.41) is 4.03. The first kappa shape index (κ1) is 18.7. The molecule has 27 heavy (non-hydrogen) atoms. The summed E-state index contributed by atoms with van der Waals surface area (Å²) in [6, 6.07) is 13.4. The quantitative estimate of drug-likeness (QED) is 0.648. The molecule has 0 bridgehead atoms. The van der Waals surface area contributed by atoms with Crippen molar-refractivity contribution < 1.29 is 19.1 Å². The summed E-state index contributed by atoms with van der Waals surface area (Å²) in [5.41, 5.74) is 1.57. The van der Waals surface area contributed by atoms with Gasteiger partial charge in [-0.3, -0.25) is 9.78 Å². The summed E-state index contributed by atoms with van der Waals surface area (Å²) in [5.74, 6) is -0.262. The van der Waals surface area contributed by atoms with Crippen LogP contribution in [0.5, 0.6) is 5.75 Å². The van der Waals surface area contributed by atoms with Gasteiger partial charge in [0.1, 0.15) is 11.3 Å². The molecule has 7 heteroatoms. The second kappa shape index (κ2) is 8.51. The van der Waals surface area contributed by atoms with Gasteiger partial charge in [0, 0.05) is 17.3 Å². The van der Waals surface area contributed by atoms with Crippen molar-refractivity contribution in [3.63, 3.8) is 0 Å². The van der Waals surface area contributed by atoms with Gasteiger partial charge in [0.05, 0.1) is 17.2 Å². The summed E-state index contributed by atoms with van der Waals surface area (Å²) < 4.78 is 10.5.